The van der Waals surface area contributed by atoms with Gasteiger partial charge in [-0.1, -0.05) is 0 Å². The smallest absolute Gasteiger partial charge is 0.225 e. The van der Waals surface area contributed by atoms with Gasteiger partial charge in [-0.2, -0.15) is 0 Å². The highest BCUT2D eigenvalue weighted by molar-refractivity contribution is 7.88. The first-order chi connectivity index (χ1) is 9.96. The van der Waals surface area contributed by atoms with Gasteiger partial charge in [0.2, 0.25) is 15.9 Å². The van der Waals surface area contributed by atoms with E-state index in [1.807, 2.05) is 4.90 Å². The largest absolute Gasteiger partial charge is 0.375 e. The average Bonchev–Trinajstić information content (AvgIpc) is 2.46. The normalized spacial score (nSPS) is 26.3. The molecule has 2 atom stereocenters. The second-order valence-corrected chi connectivity index (χ2v) is 7.59. The maximum absolute atomic E-state index is 12.4. The summed E-state index contributed by atoms with van der Waals surface area (Å²) in [5.41, 5.74) is 0. The molecule has 0 aromatic rings. The lowest BCUT2D eigenvalue weighted by Gasteiger charge is -2.37. The SMILES string of the molecule is CS(=O)(=O)NCC1CCCCN1C(=O)CC1CNCCO1.Cl. The summed E-state index contributed by atoms with van der Waals surface area (Å²) in [4.78, 5) is 14.3. The number of carbonyl (C=O) groups is 1. The predicted octanol–water partition coefficient (Wildman–Crippen LogP) is -0.283. The number of nitrogens with zero attached hydrogens (tertiary/aromatic N) is 1. The summed E-state index contributed by atoms with van der Waals surface area (Å²) in [6.45, 7) is 3.17. The third-order valence-electron chi connectivity index (χ3n) is 3.94. The summed E-state index contributed by atoms with van der Waals surface area (Å²) in [6.07, 6.45) is 4.28. The van der Waals surface area contributed by atoms with Crippen LogP contribution in [0.1, 0.15) is 25.7 Å². The summed E-state index contributed by atoms with van der Waals surface area (Å²) in [5, 5.41) is 3.21. The number of likely N-dealkylation sites (tertiary alicyclic amines) is 1. The molecule has 0 aliphatic carbocycles. The number of hydrogen-bond acceptors (Lipinski definition) is 5. The Morgan fingerprint density at radius 2 is 2.18 bits per heavy atom. The first kappa shape index (κ1) is 19.6. The molecule has 130 valence electrons. The second-order valence-electron chi connectivity index (χ2n) is 5.76. The van der Waals surface area contributed by atoms with Crippen LogP contribution in [0.2, 0.25) is 0 Å². The number of amides is 1. The topological polar surface area (TPSA) is 87.7 Å². The van der Waals surface area contributed by atoms with Gasteiger partial charge in [0.05, 0.1) is 25.4 Å². The molecule has 2 fully saturated rings. The molecule has 1 amide bonds. The quantitative estimate of drug-likeness (QED) is 0.708. The fourth-order valence-electron chi connectivity index (χ4n) is 2.85. The number of morpholine rings is 1. The Morgan fingerprint density at radius 3 is 2.82 bits per heavy atom. The summed E-state index contributed by atoms with van der Waals surface area (Å²) in [6, 6.07) is -0.0440. The highest BCUT2D eigenvalue weighted by Gasteiger charge is 2.29. The van der Waals surface area contributed by atoms with Gasteiger partial charge in [-0.05, 0) is 19.3 Å². The Hall–Kier alpha value is -0.410. The van der Waals surface area contributed by atoms with E-state index in [1.54, 1.807) is 0 Å². The minimum Gasteiger partial charge on any atom is -0.375 e. The van der Waals surface area contributed by atoms with Gasteiger partial charge >= 0.3 is 0 Å². The van der Waals surface area contributed by atoms with Crippen LogP contribution in [0, 0.1) is 0 Å². The number of ether oxygens (including phenoxy) is 1. The monoisotopic (exact) mass is 355 g/mol. The van der Waals surface area contributed by atoms with Gasteiger partial charge in [-0.25, -0.2) is 13.1 Å². The fourth-order valence-corrected chi connectivity index (χ4v) is 3.35. The molecule has 9 heteroatoms. The molecule has 2 heterocycles. The van der Waals surface area contributed by atoms with Crippen molar-refractivity contribution in [1.82, 2.24) is 14.9 Å². The minimum atomic E-state index is -3.22. The molecule has 0 bridgehead atoms. The van der Waals surface area contributed by atoms with Crippen molar-refractivity contribution in [3.05, 3.63) is 0 Å². The Kier molecular flexibility index (Phi) is 8.06. The summed E-state index contributed by atoms with van der Waals surface area (Å²) >= 11 is 0. The Labute approximate surface area is 138 Å². The van der Waals surface area contributed by atoms with E-state index in [2.05, 4.69) is 10.0 Å². The van der Waals surface area contributed by atoms with Crippen molar-refractivity contribution in [3.63, 3.8) is 0 Å². The van der Waals surface area contributed by atoms with Crippen LogP contribution in [0.15, 0.2) is 0 Å². The molecule has 2 aliphatic rings. The van der Waals surface area contributed by atoms with Crippen LogP contribution in [-0.2, 0) is 19.6 Å². The first-order valence-corrected chi connectivity index (χ1v) is 9.41. The standard InChI is InChI=1S/C13H25N3O4S.ClH/c1-21(18,19)15-9-11-4-2-3-6-16(11)13(17)8-12-10-14-5-7-20-12;/h11-12,14-15H,2-10H2,1H3;1H. The predicted molar refractivity (Wildman–Crippen MR) is 86.7 cm³/mol. The van der Waals surface area contributed by atoms with Gasteiger partial charge in [-0.3, -0.25) is 4.79 Å². The third-order valence-corrected chi connectivity index (χ3v) is 4.63. The maximum Gasteiger partial charge on any atom is 0.225 e. The van der Waals surface area contributed by atoms with E-state index in [0.29, 0.717) is 32.7 Å². The van der Waals surface area contributed by atoms with E-state index in [4.69, 9.17) is 4.74 Å². The Morgan fingerprint density at radius 1 is 1.41 bits per heavy atom. The average molecular weight is 356 g/mol. The van der Waals surface area contributed by atoms with Crippen molar-refractivity contribution in [3.8, 4) is 0 Å². The van der Waals surface area contributed by atoms with E-state index < -0.39 is 10.0 Å². The van der Waals surface area contributed by atoms with Crippen molar-refractivity contribution in [2.75, 3.05) is 39.0 Å². The van der Waals surface area contributed by atoms with Gasteiger partial charge in [0, 0.05) is 32.2 Å². The molecule has 0 saturated carbocycles. The second kappa shape index (κ2) is 9.02. The first-order valence-electron chi connectivity index (χ1n) is 7.52. The lowest BCUT2D eigenvalue weighted by Crippen LogP contribution is -2.51. The summed E-state index contributed by atoms with van der Waals surface area (Å²) in [5.74, 6) is 0.0590. The molecule has 0 aromatic heterocycles. The van der Waals surface area contributed by atoms with Crippen molar-refractivity contribution in [2.45, 2.75) is 37.8 Å². The zero-order chi connectivity index (χ0) is 15.3. The lowest BCUT2D eigenvalue weighted by atomic mass is 10.0. The zero-order valence-corrected chi connectivity index (χ0v) is 14.5. The third kappa shape index (κ3) is 6.37. The minimum absolute atomic E-state index is 0. The molecule has 22 heavy (non-hydrogen) atoms. The van der Waals surface area contributed by atoms with E-state index in [9.17, 15) is 13.2 Å². The van der Waals surface area contributed by atoms with Crippen molar-refractivity contribution in [2.24, 2.45) is 0 Å². The number of rotatable bonds is 5. The molecule has 0 spiro atoms. The zero-order valence-electron chi connectivity index (χ0n) is 12.9. The molecule has 0 radical (unpaired) electrons. The summed E-state index contributed by atoms with van der Waals surface area (Å²) in [7, 11) is -3.22. The Bertz CT molecular complexity index is 454. The van der Waals surface area contributed by atoms with Gasteiger partial charge < -0.3 is 15.0 Å². The molecule has 2 rings (SSSR count). The van der Waals surface area contributed by atoms with Gasteiger partial charge in [0.1, 0.15) is 0 Å². The van der Waals surface area contributed by atoms with E-state index in [-0.39, 0.29) is 30.5 Å². The molecule has 2 N–H and O–H groups in total. The van der Waals surface area contributed by atoms with Gasteiger partial charge in [0.15, 0.2) is 0 Å². The molecule has 2 unspecified atom stereocenters. The molecule has 2 aliphatic heterocycles. The number of hydrogen-bond donors (Lipinski definition) is 2. The van der Waals surface area contributed by atoms with Gasteiger partial charge in [0.25, 0.3) is 0 Å². The number of nitrogens with one attached hydrogen (secondary N) is 2. The van der Waals surface area contributed by atoms with Crippen LogP contribution in [0.25, 0.3) is 0 Å². The van der Waals surface area contributed by atoms with Crippen LogP contribution < -0.4 is 10.0 Å². The highest BCUT2D eigenvalue weighted by atomic mass is 35.5. The van der Waals surface area contributed by atoms with E-state index in [0.717, 1.165) is 32.1 Å². The Balaban J connectivity index is 0.00000242. The van der Waals surface area contributed by atoms with Crippen LogP contribution in [-0.4, -0.2) is 70.4 Å². The number of sulfonamides is 1. The maximum atomic E-state index is 12.4. The van der Waals surface area contributed by atoms with E-state index >= 15 is 0 Å². The number of carbonyl (C=O) groups excluding carboxylic acids is 1. The van der Waals surface area contributed by atoms with Crippen LogP contribution >= 0.6 is 12.4 Å². The van der Waals surface area contributed by atoms with Crippen molar-refractivity contribution >= 4 is 28.3 Å². The van der Waals surface area contributed by atoms with Crippen molar-refractivity contribution in [1.29, 1.82) is 0 Å². The highest BCUT2D eigenvalue weighted by Crippen LogP contribution is 2.19. The molecule has 7 nitrogen and oxygen atoms in total. The number of piperidine rings is 1. The fraction of sp³-hybridized carbons (Fsp3) is 0.923. The van der Waals surface area contributed by atoms with Gasteiger partial charge in [-0.15, -0.1) is 12.4 Å². The van der Waals surface area contributed by atoms with Crippen LogP contribution in [0.5, 0.6) is 0 Å². The molecular weight excluding hydrogens is 330 g/mol. The number of halogens is 1. The summed E-state index contributed by atoms with van der Waals surface area (Å²) < 4.78 is 30.5. The lowest BCUT2D eigenvalue weighted by molar-refractivity contribution is -0.138. The molecule has 0 aromatic carbocycles. The van der Waals surface area contributed by atoms with Crippen LogP contribution in [0.3, 0.4) is 0 Å². The van der Waals surface area contributed by atoms with Crippen LogP contribution in [0.4, 0.5) is 0 Å². The molecular formula is C13H26ClN3O4S. The van der Waals surface area contributed by atoms with Crippen molar-refractivity contribution < 1.29 is 17.9 Å². The van der Waals surface area contributed by atoms with E-state index in [1.165, 1.54) is 0 Å². The molecule has 2 saturated heterocycles.